The van der Waals surface area contributed by atoms with Crippen molar-refractivity contribution in [2.24, 2.45) is 0 Å². The Balaban J connectivity index is 1.68. The molecule has 0 saturated heterocycles. The largest absolute Gasteiger partial charge is 0.488 e. The number of para-hydroxylation sites is 1. The predicted octanol–water partition coefficient (Wildman–Crippen LogP) is 5.28. The molecule has 0 radical (unpaired) electrons. The Morgan fingerprint density at radius 1 is 0.562 bits per heavy atom. The van der Waals surface area contributed by atoms with Gasteiger partial charge in [-0.1, -0.05) is 84.9 Å². The van der Waals surface area contributed by atoms with Crippen LogP contribution in [0, 0.1) is 0 Å². The van der Waals surface area contributed by atoms with E-state index in [1.807, 2.05) is 18.2 Å². The molecule has 0 unspecified atom stereocenters. The molecule has 1 aromatic heterocycles. The molecule has 0 aliphatic rings. The maximum atomic E-state index is 9.41. The zero-order chi connectivity index (χ0) is 21.7. The quantitative estimate of drug-likeness (QED) is 0.388. The van der Waals surface area contributed by atoms with E-state index in [0.717, 1.165) is 22.3 Å². The average Bonchev–Trinajstić information content (AvgIpc) is 3.18. The monoisotopic (exact) mass is 413 g/mol. The van der Waals surface area contributed by atoms with Crippen molar-refractivity contribution >= 4 is 45.2 Å². The van der Waals surface area contributed by atoms with Gasteiger partial charge in [-0.3, -0.25) is 0 Å². The topological polar surface area (TPSA) is 45.4 Å². The molecule has 4 heteroatoms. The third-order valence-corrected chi connectivity index (χ3v) is 6.21. The van der Waals surface area contributed by atoms with Gasteiger partial charge in [0.05, 0.1) is 11.0 Å². The van der Waals surface area contributed by atoms with E-state index in [2.05, 4.69) is 83.4 Å². The lowest BCUT2D eigenvalue weighted by molar-refractivity contribution is 0.426. The van der Waals surface area contributed by atoms with Gasteiger partial charge in [-0.15, -0.1) is 0 Å². The van der Waals surface area contributed by atoms with Crippen molar-refractivity contribution in [3.63, 3.8) is 0 Å². The van der Waals surface area contributed by atoms with Crippen LogP contribution in [0.3, 0.4) is 0 Å². The first-order chi connectivity index (χ1) is 15.7. The molecule has 5 aromatic carbocycles. The summed E-state index contributed by atoms with van der Waals surface area (Å²) in [7, 11) is -1.46. The summed E-state index contributed by atoms with van der Waals surface area (Å²) in [6, 6.07) is 37.3. The summed E-state index contributed by atoms with van der Waals surface area (Å²) in [5, 5.41) is 23.8. The van der Waals surface area contributed by atoms with Gasteiger partial charge in [0.25, 0.3) is 0 Å². The first kappa shape index (κ1) is 18.9. The number of hydrogen-bond donors (Lipinski definition) is 2. The fourth-order valence-corrected chi connectivity index (χ4v) is 4.67. The lowest BCUT2D eigenvalue weighted by Crippen LogP contribution is -2.29. The number of nitrogens with zero attached hydrogens (tertiary/aromatic N) is 1. The Labute approximate surface area is 185 Å². The molecule has 0 aliphatic carbocycles. The van der Waals surface area contributed by atoms with Crippen molar-refractivity contribution in [3.8, 4) is 16.8 Å². The molecule has 2 N–H and O–H groups in total. The molecular weight excluding hydrogens is 393 g/mol. The van der Waals surface area contributed by atoms with E-state index in [1.165, 1.54) is 27.1 Å². The van der Waals surface area contributed by atoms with Crippen molar-refractivity contribution in [3.05, 3.63) is 109 Å². The number of aromatic nitrogens is 1. The number of benzene rings is 5. The Morgan fingerprint density at radius 3 is 2.06 bits per heavy atom. The summed E-state index contributed by atoms with van der Waals surface area (Å²) in [6.45, 7) is 0. The van der Waals surface area contributed by atoms with Crippen LogP contribution in [-0.2, 0) is 0 Å². The van der Waals surface area contributed by atoms with Crippen LogP contribution in [0.5, 0.6) is 0 Å². The van der Waals surface area contributed by atoms with E-state index >= 15 is 0 Å². The lowest BCUT2D eigenvalue weighted by atomic mass is 9.80. The molecule has 1 heterocycles. The van der Waals surface area contributed by atoms with Crippen molar-refractivity contribution in [1.29, 1.82) is 0 Å². The van der Waals surface area contributed by atoms with Gasteiger partial charge >= 0.3 is 7.12 Å². The number of fused-ring (bicyclic) bond motifs is 5. The highest BCUT2D eigenvalue weighted by molar-refractivity contribution is 6.58. The zero-order valence-corrected chi connectivity index (χ0v) is 17.3. The smallest absolute Gasteiger partial charge is 0.423 e. The molecular formula is C28H20BNO2. The van der Waals surface area contributed by atoms with E-state index < -0.39 is 7.12 Å². The van der Waals surface area contributed by atoms with Crippen LogP contribution >= 0.6 is 0 Å². The van der Waals surface area contributed by atoms with Crippen LogP contribution in [-0.4, -0.2) is 21.7 Å². The molecule has 0 fully saturated rings. The molecule has 0 amide bonds. The Morgan fingerprint density at radius 2 is 1.28 bits per heavy atom. The normalized spacial score (nSPS) is 11.4. The predicted molar refractivity (Wildman–Crippen MR) is 134 cm³/mol. The second kappa shape index (κ2) is 7.38. The molecule has 0 saturated carbocycles. The summed E-state index contributed by atoms with van der Waals surface area (Å²) < 4.78 is 2.33. The van der Waals surface area contributed by atoms with E-state index in [4.69, 9.17) is 0 Å². The Bertz CT molecular complexity index is 1590. The maximum Gasteiger partial charge on any atom is 0.488 e. The van der Waals surface area contributed by atoms with E-state index in [9.17, 15) is 10.0 Å². The Kier molecular flexibility index (Phi) is 4.35. The zero-order valence-electron chi connectivity index (χ0n) is 17.3. The van der Waals surface area contributed by atoms with Gasteiger partial charge in [-0.05, 0) is 51.6 Å². The van der Waals surface area contributed by atoms with Crippen LogP contribution in [0.1, 0.15) is 0 Å². The third-order valence-electron chi connectivity index (χ3n) is 6.21. The third kappa shape index (κ3) is 2.93. The average molecular weight is 413 g/mol. The van der Waals surface area contributed by atoms with Gasteiger partial charge in [0, 0.05) is 16.5 Å². The first-order valence-corrected chi connectivity index (χ1v) is 10.7. The number of hydrogen-bond acceptors (Lipinski definition) is 2. The summed E-state index contributed by atoms with van der Waals surface area (Å²) in [4.78, 5) is 0. The van der Waals surface area contributed by atoms with Crippen molar-refractivity contribution in [2.45, 2.75) is 0 Å². The van der Waals surface area contributed by atoms with Gasteiger partial charge in [0.1, 0.15) is 0 Å². The fourth-order valence-electron chi connectivity index (χ4n) is 4.67. The summed E-state index contributed by atoms with van der Waals surface area (Å²) in [5.74, 6) is 0. The van der Waals surface area contributed by atoms with Crippen LogP contribution in [0.2, 0.25) is 0 Å². The van der Waals surface area contributed by atoms with Gasteiger partial charge in [-0.25, -0.2) is 0 Å². The minimum atomic E-state index is -1.46. The first-order valence-electron chi connectivity index (χ1n) is 10.7. The van der Waals surface area contributed by atoms with E-state index in [1.54, 1.807) is 12.1 Å². The van der Waals surface area contributed by atoms with Crippen LogP contribution in [0.4, 0.5) is 0 Å². The van der Waals surface area contributed by atoms with E-state index in [0.29, 0.717) is 5.46 Å². The Hall–Kier alpha value is -3.86. The number of rotatable bonds is 3. The molecule has 0 bridgehead atoms. The van der Waals surface area contributed by atoms with Crippen LogP contribution < -0.4 is 5.46 Å². The highest BCUT2D eigenvalue weighted by Gasteiger charge is 2.16. The summed E-state index contributed by atoms with van der Waals surface area (Å²) in [6.07, 6.45) is 0. The molecule has 3 nitrogen and oxygen atoms in total. The molecule has 0 aliphatic heterocycles. The summed E-state index contributed by atoms with van der Waals surface area (Å²) >= 11 is 0. The van der Waals surface area contributed by atoms with Crippen molar-refractivity contribution < 1.29 is 10.0 Å². The van der Waals surface area contributed by atoms with Crippen molar-refractivity contribution in [1.82, 2.24) is 4.57 Å². The van der Waals surface area contributed by atoms with Gasteiger partial charge in [-0.2, -0.15) is 0 Å². The molecule has 6 rings (SSSR count). The van der Waals surface area contributed by atoms with Crippen molar-refractivity contribution in [2.75, 3.05) is 0 Å². The van der Waals surface area contributed by atoms with Gasteiger partial charge in [0.15, 0.2) is 0 Å². The maximum absolute atomic E-state index is 9.41. The molecule has 32 heavy (non-hydrogen) atoms. The van der Waals surface area contributed by atoms with E-state index in [-0.39, 0.29) is 0 Å². The minimum absolute atomic E-state index is 0.486. The highest BCUT2D eigenvalue weighted by Crippen LogP contribution is 2.38. The second-order valence-corrected chi connectivity index (χ2v) is 8.08. The molecule has 0 atom stereocenters. The molecule has 0 spiro atoms. The lowest BCUT2D eigenvalue weighted by Gasteiger charge is -2.09. The van der Waals surface area contributed by atoms with Crippen LogP contribution in [0.15, 0.2) is 109 Å². The minimum Gasteiger partial charge on any atom is -0.423 e. The van der Waals surface area contributed by atoms with Gasteiger partial charge < -0.3 is 14.6 Å². The highest BCUT2D eigenvalue weighted by atomic mass is 16.4. The van der Waals surface area contributed by atoms with Crippen LogP contribution in [0.25, 0.3) is 49.4 Å². The second-order valence-electron chi connectivity index (χ2n) is 8.08. The molecule has 152 valence electrons. The fraction of sp³-hybridized carbons (Fsp3) is 0. The van der Waals surface area contributed by atoms with Gasteiger partial charge in [0.2, 0.25) is 0 Å². The molecule has 6 aromatic rings. The SMILES string of the molecule is OB(O)c1ccc(-c2ccc3c4c5ccccc5ccc4n(-c4ccccc4)c3c2)cc1. The summed E-state index contributed by atoms with van der Waals surface area (Å²) in [5.41, 5.74) is 6.05. The standard InChI is InChI=1S/C28H20BNO2/c31-29(32)22-14-10-19(11-15-22)21-12-16-25-27(18-21)30(23-7-2-1-3-8-23)26-17-13-20-6-4-5-9-24(20)28(25)26/h1-18,31-32H.